The van der Waals surface area contributed by atoms with Crippen molar-refractivity contribution < 1.29 is 28.5 Å². The molecule has 0 aromatic heterocycles. The first-order valence-electron chi connectivity index (χ1n) is 12.5. The van der Waals surface area contributed by atoms with E-state index in [1.165, 1.54) is 0 Å². The largest absolute Gasteiger partial charge is 0.490 e. The monoisotopic (exact) mass is 482 g/mol. The van der Waals surface area contributed by atoms with Crippen LogP contribution in [-0.4, -0.2) is 74.0 Å². The molecule has 0 aliphatic carbocycles. The van der Waals surface area contributed by atoms with Crippen molar-refractivity contribution in [3.8, 4) is 23.0 Å². The summed E-state index contributed by atoms with van der Waals surface area (Å²) in [6, 6.07) is 11.9. The van der Waals surface area contributed by atoms with E-state index >= 15 is 0 Å². The maximum absolute atomic E-state index is 13.6. The van der Waals surface area contributed by atoms with Gasteiger partial charge < -0.3 is 28.6 Å². The van der Waals surface area contributed by atoms with Crippen LogP contribution in [0.5, 0.6) is 23.0 Å². The summed E-state index contributed by atoms with van der Waals surface area (Å²) in [7, 11) is 0. The van der Waals surface area contributed by atoms with Gasteiger partial charge in [0.1, 0.15) is 19.3 Å². The van der Waals surface area contributed by atoms with E-state index in [1.54, 1.807) is 0 Å². The van der Waals surface area contributed by atoms with Gasteiger partial charge in [-0.05, 0) is 37.6 Å². The van der Waals surface area contributed by atoms with Gasteiger partial charge in [0.05, 0.1) is 19.8 Å². The van der Waals surface area contributed by atoms with Crippen molar-refractivity contribution in [1.82, 2.24) is 9.80 Å². The molecule has 188 valence electrons. The van der Waals surface area contributed by atoms with Crippen LogP contribution >= 0.6 is 0 Å². The molecule has 0 radical (unpaired) electrons. The molecule has 1 saturated heterocycles. The number of hydrogen-bond donors (Lipinski definition) is 0. The molecule has 1 amide bonds. The normalized spacial score (nSPS) is 19.8. The van der Waals surface area contributed by atoms with Crippen molar-refractivity contribution in [2.75, 3.05) is 46.1 Å². The molecule has 35 heavy (non-hydrogen) atoms. The van der Waals surface area contributed by atoms with E-state index in [4.69, 9.17) is 23.7 Å². The Morgan fingerprint density at radius 3 is 2.63 bits per heavy atom. The molecule has 0 spiro atoms. The van der Waals surface area contributed by atoms with Crippen molar-refractivity contribution in [3.63, 3.8) is 0 Å². The van der Waals surface area contributed by atoms with E-state index in [9.17, 15) is 4.79 Å². The molecule has 2 aromatic rings. The number of hydrogen-bond acceptors (Lipinski definition) is 7. The van der Waals surface area contributed by atoms with Crippen LogP contribution in [-0.2, 0) is 22.6 Å². The van der Waals surface area contributed by atoms with Gasteiger partial charge in [0.2, 0.25) is 0 Å². The van der Waals surface area contributed by atoms with E-state index in [2.05, 4.69) is 11.0 Å². The summed E-state index contributed by atoms with van der Waals surface area (Å²) in [6.07, 6.45) is 0.351. The van der Waals surface area contributed by atoms with Crippen molar-refractivity contribution in [2.45, 2.75) is 45.5 Å². The van der Waals surface area contributed by atoms with Gasteiger partial charge in [0.25, 0.3) is 5.91 Å². The number of nitrogens with zero attached hydrogens (tertiary/aromatic N) is 2. The number of fused-ring (bicyclic) bond motifs is 2. The highest BCUT2D eigenvalue weighted by molar-refractivity contribution is 5.81. The fourth-order valence-corrected chi connectivity index (χ4v) is 4.70. The highest BCUT2D eigenvalue weighted by Crippen LogP contribution is 2.35. The second-order valence-electron chi connectivity index (χ2n) is 9.43. The maximum atomic E-state index is 13.6. The Morgan fingerprint density at radius 1 is 0.971 bits per heavy atom. The third kappa shape index (κ3) is 5.49. The highest BCUT2D eigenvalue weighted by atomic mass is 16.6. The molecule has 1 fully saturated rings. The third-order valence-electron chi connectivity index (χ3n) is 6.54. The van der Waals surface area contributed by atoms with Gasteiger partial charge in [-0.1, -0.05) is 18.2 Å². The summed E-state index contributed by atoms with van der Waals surface area (Å²) in [5.74, 6) is 3.11. The molecular weight excluding hydrogens is 448 g/mol. The zero-order valence-electron chi connectivity index (χ0n) is 20.5. The Hall–Kier alpha value is -2.97. The molecule has 1 unspecified atom stereocenters. The number of morpholine rings is 1. The average Bonchev–Trinajstić information content (AvgIpc) is 3.12. The number of amides is 1. The molecule has 0 saturated carbocycles. The highest BCUT2D eigenvalue weighted by Gasteiger charge is 2.32. The number of ether oxygens (including phenoxy) is 5. The second kappa shape index (κ2) is 10.7. The molecule has 3 aliphatic rings. The summed E-state index contributed by atoms with van der Waals surface area (Å²) in [6.45, 7) is 9.47. The zero-order chi connectivity index (χ0) is 24.2. The van der Waals surface area contributed by atoms with Crippen LogP contribution < -0.4 is 18.9 Å². The van der Waals surface area contributed by atoms with E-state index in [1.807, 2.05) is 49.1 Å². The van der Waals surface area contributed by atoms with Crippen molar-refractivity contribution >= 4 is 5.91 Å². The average molecular weight is 483 g/mol. The minimum Gasteiger partial charge on any atom is -0.490 e. The van der Waals surface area contributed by atoms with Crippen molar-refractivity contribution in [2.24, 2.45) is 0 Å². The Labute approximate surface area is 206 Å². The van der Waals surface area contributed by atoms with Gasteiger partial charge in [-0.3, -0.25) is 9.69 Å². The van der Waals surface area contributed by atoms with Crippen LogP contribution in [0, 0.1) is 0 Å². The number of rotatable bonds is 6. The van der Waals surface area contributed by atoms with Gasteiger partial charge >= 0.3 is 0 Å². The van der Waals surface area contributed by atoms with Crippen LogP contribution in [0.4, 0.5) is 0 Å². The SMILES string of the molecule is CC(C)N(Cc1ccc2c(c1)OCCCO2)C(=O)C1CN(Cc2cccc3c2OCCO3)CCO1. The molecule has 1 atom stereocenters. The maximum Gasteiger partial charge on any atom is 0.253 e. The van der Waals surface area contributed by atoms with Gasteiger partial charge in [0, 0.05) is 44.2 Å². The summed E-state index contributed by atoms with van der Waals surface area (Å²) in [4.78, 5) is 17.7. The van der Waals surface area contributed by atoms with Crippen LogP contribution in [0.2, 0.25) is 0 Å². The minimum absolute atomic E-state index is 0.00600. The molecular formula is C27H34N2O6. The number of carbonyl (C=O) groups is 1. The Balaban J connectivity index is 1.26. The minimum atomic E-state index is -0.511. The van der Waals surface area contributed by atoms with E-state index < -0.39 is 6.10 Å². The molecule has 5 rings (SSSR count). The summed E-state index contributed by atoms with van der Waals surface area (Å²) >= 11 is 0. The first-order chi connectivity index (χ1) is 17.1. The fraction of sp³-hybridized carbons (Fsp3) is 0.519. The lowest BCUT2D eigenvalue weighted by Gasteiger charge is -2.37. The fourth-order valence-electron chi connectivity index (χ4n) is 4.70. The molecule has 3 heterocycles. The second-order valence-corrected chi connectivity index (χ2v) is 9.43. The van der Waals surface area contributed by atoms with Crippen LogP contribution in [0.15, 0.2) is 36.4 Å². The summed E-state index contributed by atoms with van der Waals surface area (Å²) in [5, 5.41) is 0. The van der Waals surface area contributed by atoms with Crippen molar-refractivity contribution in [1.29, 1.82) is 0 Å². The predicted molar refractivity (Wildman–Crippen MR) is 130 cm³/mol. The number of carbonyl (C=O) groups excluding carboxylic acids is 1. The van der Waals surface area contributed by atoms with Gasteiger partial charge in [-0.2, -0.15) is 0 Å². The van der Waals surface area contributed by atoms with Gasteiger partial charge in [-0.15, -0.1) is 0 Å². The number of benzene rings is 2. The quantitative estimate of drug-likeness (QED) is 0.626. The van der Waals surface area contributed by atoms with Gasteiger partial charge in [0.15, 0.2) is 23.0 Å². The molecule has 0 N–H and O–H groups in total. The standard InChI is InChI=1S/C27H34N2O6/c1-19(2)29(16-20-7-8-22-24(15-20)32-11-4-10-31-22)27(30)25-18-28(9-12-33-25)17-21-5-3-6-23-26(21)35-14-13-34-23/h3,5-8,15,19,25H,4,9-14,16-18H2,1-2H3. The van der Waals surface area contributed by atoms with E-state index in [0.29, 0.717) is 52.7 Å². The topological polar surface area (TPSA) is 69.7 Å². The predicted octanol–water partition coefficient (Wildman–Crippen LogP) is 3.26. The van der Waals surface area contributed by atoms with Crippen molar-refractivity contribution in [3.05, 3.63) is 47.5 Å². The molecule has 0 bridgehead atoms. The first kappa shape index (κ1) is 23.8. The van der Waals surface area contributed by atoms with E-state index in [-0.39, 0.29) is 11.9 Å². The lowest BCUT2D eigenvalue weighted by molar-refractivity contribution is -0.152. The lowest BCUT2D eigenvalue weighted by atomic mass is 10.1. The molecule has 2 aromatic carbocycles. The van der Waals surface area contributed by atoms with Crippen LogP contribution in [0.25, 0.3) is 0 Å². The molecule has 8 nitrogen and oxygen atoms in total. The van der Waals surface area contributed by atoms with E-state index in [0.717, 1.165) is 47.1 Å². The third-order valence-corrected chi connectivity index (χ3v) is 6.54. The first-order valence-corrected chi connectivity index (χ1v) is 12.5. The van der Waals surface area contributed by atoms with Crippen LogP contribution in [0.3, 0.4) is 0 Å². The Kier molecular flexibility index (Phi) is 7.29. The summed E-state index contributed by atoms with van der Waals surface area (Å²) < 4.78 is 29.1. The molecule has 3 aliphatic heterocycles. The molecule has 8 heteroatoms. The number of para-hydroxylation sites is 1. The lowest BCUT2D eigenvalue weighted by Crippen LogP contribution is -2.52. The van der Waals surface area contributed by atoms with Gasteiger partial charge in [-0.25, -0.2) is 0 Å². The summed E-state index contributed by atoms with van der Waals surface area (Å²) in [5.41, 5.74) is 2.08. The zero-order valence-corrected chi connectivity index (χ0v) is 20.5. The van der Waals surface area contributed by atoms with Crippen LogP contribution in [0.1, 0.15) is 31.4 Å². The smallest absolute Gasteiger partial charge is 0.253 e. The Morgan fingerprint density at radius 2 is 1.77 bits per heavy atom. The Bertz CT molecular complexity index is 1040.